The fraction of sp³-hybridized carbons (Fsp3) is 0.545. The summed E-state index contributed by atoms with van der Waals surface area (Å²) in [6.45, 7) is 0.561. The smallest absolute Gasteiger partial charge is 0.0892 e. The van der Waals surface area contributed by atoms with Crippen LogP contribution in [-0.4, -0.2) is 17.1 Å². The first-order valence-corrected chi connectivity index (χ1v) is 6.02. The Labute approximate surface area is 98.2 Å². The lowest BCUT2D eigenvalue weighted by atomic mass is 10.2. The van der Waals surface area contributed by atoms with Crippen LogP contribution in [0.2, 0.25) is 0 Å². The van der Waals surface area contributed by atoms with Crippen molar-refractivity contribution in [3.8, 4) is 0 Å². The summed E-state index contributed by atoms with van der Waals surface area (Å²) in [6.07, 6.45) is 5.35. The van der Waals surface area contributed by atoms with Gasteiger partial charge in [-0.05, 0) is 47.3 Å². The fourth-order valence-electron chi connectivity index (χ4n) is 1.85. The zero-order valence-electron chi connectivity index (χ0n) is 8.53. The Balaban J connectivity index is 1.85. The molecule has 2 atom stereocenters. The van der Waals surface area contributed by atoms with Gasteiger partial charge in [-0.15, -0.1) is 0 Å². The maximum Gasteiger partial charge on any atom is 0.0892 e. The van der Waals surface area contributed by atoms with E-state index >= 15 is 0 Å². The van der Waals surface area contributed by atoms with Gasteiger partial charge in [-0.2, -0.15) is 0 Å². The van der Waals surface area contributed by atoms with E-state index in [-0.39, 0.29) is 12.1 Å². The molecular formula is C11H15BrN2O. The zero-order chi connectivity index (χ0) is 10.7. The molecule has 0 amide bonds. The number of halogens is 1. The molecule has 0 aliphatic heterocycles. The summed E-state index contributed by atoms with van der Waals surface area (Å²) in [5, 5.41) is 0. The van der Waals surface area contributed by atoms with Crippen molar-refractivity contribution in [2.75, 3.05) is 0 Å². The molecule has 0 spiro atoms. The topological polar surface area (TPSA) is 48.1 Å². The van der Waals surface area contributed by atoms with E-state index in [1.165, 1.54) is 6.42 Å². The van der Waals surface area contributed by atoms with Gasteiger partial charge in [0.25, 0.3) is 0 Å². The van der Waals surface area contributed by atoms with Crippen molar-refractivity contribution in [1.29, 1.82) is 0 Å². The predicted molar refractivity (Wildman–Crippen MR) is 62.3 cm³/mol. The minimum atomic E-state index is 0.209. The highest BCUT2D eigenvalue weighted by Gasteiger charge is 2.24. The Bertz CT molecular complexity index is 315. The van der Waals surface area contributed by atoms with Gasteiger partial charge in [0.1, 0.15) is 0 Å². The summed E-state index contributed by atoms with van der Waals surface area (Å²) in [7, 11) is 0. The fourth-order valence-corrected chi connectivity index (χ4v) is 2.08. The molecular weight excluding hydrogens is 256 g/mol. The molecule has 3 nitrogen and oxygen atoms in total. The molecule has 2 rings (SSSR count). The molecule has 2 N–H and O–H groups in total. The van der Waals surface area contributed by atoms with E-state index in [1.807, 2.05) is 12.1 Å². The summed E-state index contributed by atoms with van der Waals surface area (Å²) in [6, 6.07) is 4.14. The molecule has 0 saturated heterocycles. The molecule has 1 aliphatic rings. The molecule has 1 aromatic rings. The highest BCUT2D eigenvalue weighted by Crippen LogP contribution is 2.21. The Hall–Kier alpha value is -0.450. The van der Waals surface area contributed by atoms with E-state index in [0.717, 1.165) is 23.0 Å². The maximum atomic E-state index is 5.91. The van der Waals surface area contributed by atoms with Gasteiger partial charge in [0.2, 0.25) is 0 Å². The third-order valence-electron chi connectivity index (χ3n) is 2.74. The third kappa shape index (κ3) is 3.00. The predicted octanol–water partition coefficient (Wildman–Crippen LogP) is 2.24. The van der Waals surface area contributed by atoms with Crippen LogP contribution in [0.15, 0.2) is 22.8 Å². The van der Waals surface area contributed by atoms with Crippen LogP contribution in [0.4, 0.5) is 0 Å². The van der Waals surface area contributed by atoms with E-state index in [1.54, 1.807) is 6.20 Å². The van der Waals surface area contributed by atoms with Crippen molar-refractivity contribution in [2.24, 2.45) is 5.73 Å². The normalized spacial score (nSPS) is 25.7. The minimum absolute atomic E-state index is 0.209. The summed E-state index contributed by atoms with van der Waals surface area (Å²) in [5.41, 5.74) is 6.87. The number of rotatable bonds is 3. The van der Waals surface area contributed by atoms with Crippen molar-refractivity contribution in [2.45, 2.75) is 38.0 Å². The van der Waals surface area contributed by atoms with Gasteiger partial charge in [0.05, 0.1) is 18.4 Å². The number of ether oxygens (including phenoxy) is 1. The SMILES string of the molecule is NC1CCCC1OCc1ccc(Br)cn1. The Morgan fingerprint density at radius 3 is 2.93 bits per heavy atom. The van der Waals surface area contributed by atoms with Crippen molar-refractivity contribution in [1.82, 2.24) is 4.98 Å². The quantitative estimate of drug-likeness (QED) is 0.917. The van der Waals surface area contributed by atoms with Crippen LogP contribution < -0.4 is 5.73 Å². The van der Waals surface area contributed by atoms with E-state index in [4.69, 9.17) is 10.5 Å². The average Bonchev–Trinajstić information content (AvgIpc) is 2.63. The molecule has 1 aliphatic carbocycles. The number of hydrogen-bond donors (Lipinski definition) is 1. The lowest BCUT2D eigenvalue weighted by Crippen LogP contribution is -2.31. The van der Waals surface area contributed by atoms with Crippen LogP contribution in [0.1, 0.15) is 25.0 Å². The van der Waals surface area contributed by atoms with Crippen LogP contribution in [0.25, 0.3) is 0 Å². The van der Waals surface area contributed by atoms with Gasteiger partial charge >= 0.3 is 0 Å². The van der Waals surface area contributed by atoms with E-state index < -0.39 is 0 Å². The standard InChI is InChI=1S/C11H15BrN2O/c12-8-4-5-9(14-6-8)7-15-11-3-1-2-10(11)13/h4-6,10-11H,1-3,7,13H2. The first-order valence-electron chi connectivity index (χ1n) is 5.23. The summed E-state index contributed by atoms with van der Waals surface area (Å²) >= 11 is 3.35. The van der Waals surface area contributed by atoms with Gasteiger partial charge in [0.15, 0.2) is 0 Å². The van der Waals surface area contributed by atoms with Crippen molar-refractivity contribution < 1.29 is 4.74 Å². The van der Waals surface area contributed by atoms with Gasteiger partial charge in [-0.1, -0.05) is 0 Å². The number of nitrogens with zero attached hydrogens (tertiary/aromatic N) is 1. The second-order valence-electron chi connectivity index (χ2n) is 3.91. The first-order chi connectivity index (χ1) is 7.25. The Kier molecular flexibility index (Phi) is 3.72. The second-order valence-corrected chi connectivity index (χ2v) is 4.83. The summed E-state index contributed by atoms with van der Waals surface area (Å²) in [4.78, 5) is 4.25. The molecule has 1 fully saturated rings. The first kappa shape index (κ1) is 11.0. The van der Waals surface area contributed by atoms with E-state index in [0.29, 0.717) is 6.61 Å². The molecule has 1 aromatic heterocycles. The van der Waals surface area contributed by atoms with Crippen LogP contribution >= 0.6 is 15.9 Å². The molecule has 82 valence electrons. The summed E-state index contributed by atoms with van der Waals surface area (Å²) in [5.74, 6) is 0. The molecule has 15 heavy (non-hydrogen) atoms. The van der Waals surface area contributed by atoms with Crippen LogP contribution in [-0.2, 0) is 11.3 Å². The third-order valence-corrected chi connectivity index (χ3v) is 3.21. The van der Waals surface area contributed by atoms with Crippen molar-refractivity contribution >= 4 is 15.9 Å². The molecule has 1 heterocycles. The van der Waals surface area contributed by atoms with Gasteiger partial charge in [-0.3, -0.25) is 4.98 Å². The lowest BCUT2D eigenvalue weighted by Gasteiger charge is -2.15. The number of pyridine rings is 1. The van der Waals surface area contributed by atoms with Crippen LogP contribution in [0.3, 0.4) is 0 Å². The molecule has 4 heteroatoms. The van der Waals surface area contributed by atoms with Gasteiger partial charge in [-0.25, -0.2) is 0 Å². The second kappa shape index (κ2) is 5.05. The highest BCUT2D eigenvalue weighted by atomic mass is 79.9. The van der Waals surface area contributed by atoms with E-state index in [2.05, 4.69) is 20.9 Å². The van der Waals surface area contributed by atoms with Crippen molar-refractivity contribution in [3.05, 3.63) is 28.5 Å². The zero-order valence-corrected chi connectivity index (χ0v) is 10.1. The number of hydrogen-bond acceptors (Lipinski definition) is 3. The molecule has 2 unspecified atom stereocenters. The monoisotopic (exact) mass is 270 g/mol. The minimum Gasteiger partial charge on any atom is -0.370 e. The number of aromatic nitrogens is 1. The Morgan fingerprint density at radius 1 is 1.47 bits per heavy atom. The van der Waals surface area contributed by atoms with E-state index in [9.17, 15) is 0 Å². The van der Waals surface area contributed by atoms with Crippen molar-refractivity contribution in [3.63, 3.8) is 0 Å². The molecule has 0 radical (unpaired) electrons. The number of nitrogens with two attached hydrogens (primary N) is 1. The lowest BCUT2D eigenvalue weighted by molar-refractivity contribution is 0.0339. The van der Waals surface area contributed by atoms with Crippen LogP contribution in [0.5, 0.6) is 0 Å². The average molecular weight is 271 g/mol. The Morgan fingerprint density at radius 2 is 2.33 bits per heavy atom. The summed E-state index contributed by atoms with van der Waals surface area (Å²) < 4.78 is 6.73. The van der Waals surface area contributed by atoms with Gasteiger partial charge < -0.3 is 10.5 Å². The molecule has 0 aromatic carbocycles. The maximum absolute atomic E-state index is 5.91. The molecule has 0 bridgehead atoms. The van der Waals surface area contributed by atoms with Gasteiger partial charge in [0, 0.05) is 16.7 Å². The highest BCUT2D eigenvalue weighted by molar-refractivity contribution is 9.10. The van der Waals surface area contributed by atoms with Crippen LogP contribution in [0, 0.1) is 0 Å². The molecule has 1 saturated carbocycles. The largest absolute Gasteiger partial charge is 0.370 e.